The number of rotatable bonds is 0. The van der Waals surface area contributed by atoms with Crippen LogP contribution in [0, 0.1) is 0 Å². The van der Waals surface area contributed by atoms with Crippen LogP contribution >= 0.6 is 0 Å². The van der Waals surface area contributed by atoms with E-state index in [1.807, 2.05) is 0 Å². The van der Waals surface area contributed by atoms with Gasteiger partial charge >= 0.3 is 51.6 Å². The molecule has 0 saturated carbocycles. The van der Waals surface area contributed by atoms with Crippen LogP contribution in [0.5, 0.6) is 0 Å². The summed E-state index contributed by atoms with van der Waals surface area (Å²) < 4.78 is 0. The first-order valence-electron chi connectivity index (χ1n) is 0.988. The van der Waals surface area contributed by atoms with Crippen LogP contribution in [-0.4, -0.2) is 51.6 Å². The minimum atomic E-state index is 0. The zero-order chi connectivity index (χ0) is 5.41. The fraction of sp³-hybridized carbons (Fsp3) is 0. The molecule has 2 N–H and O–H groups in total. The molecule has 7 heavy (non-hydrogen) atoms. The predicted molar refractivity (Wildman–Crippen MR) is 27.5 cm³/mol. The van der Waals surface area contributed by atoms with Crippen LogP contribution in [0.4, 0.5) is 0 Å². The van der Waals surface area contributed by atoms with Gasteiger partial charge in [0.1, 0.15) is 0 Å². The van der Waals surface area contributed by atoms with E-state index >= 15 is 0 Å². The summed E-state index contributed by atoms with van der Waals surface area (Å²) in [4.78, 5) is 0. The van der Waals surface area contributed by atoms with Crippen LogP contribution in [-0.2, 0) is 17.1 Å². The van der Waals surface area contributed by atoms with E-state index < -0.39 is 0 Å². The Hall–Kier alpha value is 0.898. The molecule has 0 spiro atoms. The van der Waals surface area contributed by atoms with Gasteiger partial charge in [-0.25, -0.2) is 0 Å². The summed E-state index contributed by atoms with van der Waals surface area (Å²) in [5.74, 6) is 0. The molecule has 0 aromatic carbocycles. The van der Waals surface area contributed by atoms with Gasteiger partial charge in [-0.15, -0.1) is 0 Å². The van der Waals surface area contributed by atoms with Crippen molar-refractivity contribution < 1.29 is 27.3 Å². The average molecular weight is 274 g/mol. The van der Waals surface area contributed by atoms with E-state index in [1.54, 1.807) is 0 Å². The van der Waals surface area contributed by atoms with E-state index in [0.717, 1.165) is 10.2 Å². The minimum Gasteiger partial charge on any atom is 0 e. The summed E-state index contributed by atoms with van der Waals surface area (Å²) in [6.07, 6.45) is 0. The van der Waals surface area contributed by atoms with Crippen LogP contribution in [0.1, 0.15) is 0 Å². The van der Waals surface area contributed by atoms with Crippen molar-refractivity contribution in [2.24, 2.45) is 0 Å². The average Bonchev–Trinajstić information content (AvgIpc) is 1.39. The van der Waals surface area contributed by atoms with Gasteiger partial charge < -0.3 is 0 Å². The fourth-order valence-corrected chi connectivity index (χ4v) is 0. The molecule has 0 heterocycles. The number of hydrogen-bond donors (Lipinski definition) is 2. The molecule has 0 bridgehead atoms. The molecule has 0 atom stereocenters. The van der Waals surface area contributed by atoms with E-state index in [0.29, 0.717) is 0 Å². The molecule has 0 aliphatic heterocycles. The fourth-order valence-electron chi connectivity index (χ4n) is 0. The van der Waals surface area contributed by atoms with Gasteiger partial charge in [-0.1, -0.05) is 0 Å². The first-order valence-corrected chi connectivity index (χ1v) is 2.97. The SMILES string of the molecule is OC=[Se].OC=[Se].[Fe]. The Bertz CT molecular complexity index is 34.7. The molecule has 0 aliphatic rings. The molecule has 0 rings (SSSR count). The van der Waals surface area contributed by atoms with Gasteiger partial charge in [0, 0.05) is 17.1 Å². The Labute approximate surface area is 68.5 Å². The van der Waals surface area contributed by atoms with Gasteiger partial charge in [0.05, 0.1) is 0 Å². The topological polar surface area (TPSA) is 40.5 Å². The van der Waals surface area contributed by atoms with Crippen LogP contribution < -0.4 is 0 Å². The van der Waals surface area contributed by atoms with Crippen molar-refractivity contribution in [3.63, 3.8) is 0 Å². The minimum absolute atomic E-state index is 0. The predicted octanol–water partition coefficient (Wildman–Crippen LogP) is -1.43. The summed E-state index contributed by atoms with van der Waals surface area (Å²) >= 11 is 4.47. The molecule has 0 aromatic rings. The zero-order valence-electron chi connectivity index (χ0n) is 3.22. The summed E-state index contributed by atoms with van der Waals surface area (Å²) in [6, 6.07) is 0. The van der Waals surface area contributed by atoms with Gasteiger partial charge in [-0.2, -0.15) is 0 Å². The number of aliphatic hydroxyl groups excluding tert-OH is 2. The van der Waals surface area contributed by atoms with Gasteiger partial charge in [0.25, 0.3) is 0 Å². The quantitative estimate of drug-likeness (QED) is 0.532. The molecular formula is C2H4FeO2Se2. The van der Waals surface area contributed by atoms with Crippen molar-refractivity contribution in [1.82, 2.24) is 0 Å². The van der Waals surface area contributed by atoms with Crippen molar-refractivity contribution in [2.45, 2.75) is 0 Å². The van der Waals surface area contributed by atoms with E-state index in [-0.39, 0.29) is 17.1 Å². The second-order valence-electron chi connectivity index (χ2n) is 0.211. The Morgan fingerprint density at radius 1 is 1.00 bits per heavy atom. The Kier molecular flexibility index (Phi) is 63.9. The summed E-state index contributed by atoms with van der Waals surface area (Å²) in [5, 5.41) is 16.5. The molecule has 0 aromatic heterocycles. The van der Waals surface area contributed by atoms with Gasteiger partial charge in [0.2, 0.25) is 0 Å². The van der Waals surface area contributed by atoms with E-state index in [1.165, 1.54) is 0 Å². The third-order valence-electron chi connectivity index (χ3n) is 0. The second-order valence-corrected chi connectivity index (χ2v) is 1.10. The Morgan fingerprint density at radius 3 is 1.00 bits per heavy atom. The molecule has 0 saturated heterocycles. The van der Waals surface area contributed by atoms with Gasteiger partial charge in [0.15, 0.2) is 0 Å². The molecule has 5 heteroatoms. The van der Waals surface area contributed by atoms with Crippen molar-refractivity contribution in [3.8, 4) is 0 Å². The van der Waals surface area contributed by atoms with Crippen LogP contribution in [0.2, 0.25) is 0 Å². The third kappa shape index (κ3) is 205. The van der Waals surface area contributed by atoms with Crippen molar-refractivity contribution >= 4 is 41.4 Å². The zero-order valence-corrected chi connectivity index (χ0v) is 7.75. The largest absolute Gasteiger partial charge is 0 e. The summed E-state index contributed by atoms with van der Waals surface area (Å²) in [7, 11) is 0. The molecule has 44 valence electrons. The molecular weight excluding hydrogens is 270 g/mol. The maximum atomic E-state index is 7.39. The molecule has 0 fully saturated rings. The smallest absolute Gasteiger partial charge is 0 e. The van der Waals surface area contributed by atoms with Crippen LogP contribution in [0.25, 0.3) is 0 Å². The van der Waals surface area contributed by atoms with E-state index in [9.17, 15) is 0 Å². The first kappa shape index (κ1) is 15.7. The van der Waals surface area contributed by atoms with Crippen LogP contribution in [0.15, 0.2) is 0 Å². The van der Waals surface area contributed by atoms with Gasteiger partial charge in [-0.3, -0.25) is 0 Å². The van der Waals surface area contributed by atoms with Crippen LogP contribution in [0.3, 0.4) is 0 Å². The van der Waals surface area contributed by atoms with E-state index in [4.69, 9.17) is 10.2 Å². The monoisotopic (exact) mass is 276 g/mol. The van der Waals surface area contributed by atoms with Crippen molar-refractivity contribution in [1.29, 1.82) is 0 Å². The maximum Gasteiger partial charge on any atom is 0 e. The Morgan fingerprint density at radius 2 is 1.00 bits per heavy atom. The standard InChI is InChI=1S/2CH2OSe.Fe/c2*2-1-3;/h2*1H,(H,2,3);. The van der Waals surface area contributed by atoms with E-state index in [2.05, 4.69) is 31.2 Å². The molecule has 2 nitrogen and oxygen atoms in total. The molecule has 0 aliphatic carbocycles. The number of aliphatic hydroxyl groups is 2. The first-order chi connectivity index (χ1) is 2.83. The molecule has 0 amide bonds. The second kappa shape index (κ2) is 28.6. The van der Waals surface area contributed by atoms with Crippen molar-refractivity contribution in [2.75, 3.05) is 0 Å². The molecule has 0 radical (unpaired) electrons. The van der Waals surface area contributed by atoms with Crippen molar-refractivity contribution in [3.05, 3.63) is 0 Å². The summed E-state index contributed by atoms with van der Waals surface area (Å²) in [6.45, 7) is 0. The molecule has 0 unspecified atom stereocenters. The van der Waals surface area contributed by atoms with Gasteiger partial charge in [-0.05, 0) is 0 Å². The third-order valence-corrected chi connectivity index (χ3v) is 0. The maximum absolute atomic E-state index is 7.39. The Balaban J connectivity index is -0.0000000400. The normalized spacial score (nSPS) is 3.43. The summed E-state index contributed by atoms with van der Waals surface area (Å²) in [5.41, 5.74) is 0. The number of hydrogen-bond acceptors (Lipinski definition) is 2.